The van der Waals surface area contributed by atoms with Gasteiger partial charge in [0.05, 0.1) is 5.75 Å². The number of fused-ring (bicyclic) bond motifs is 3. The quantitative estimate of drug-likeness (QED) is 0.102. The summed E-state index contributed by atoms with van der Waals surface area (Å²) >= 11 is 7.39. The molecule has 5 aromatic carbocycles. The molecule has 3 amide bonds. The van der Waals surface area contributed by atoms with E-state index in [1.165, 1.54) is 17.3 Å². The lowest BCUT2D eigenvalue weighted by Crippen LogP contribution is -2.30. The van der Waals surface area contributed by atoms with Crippen LogP contribution in [0.15, 0.2) is 132 Å². The van der Waals surface area contributed by atoms with Gasteiger partial charge in [0, 0.05) is 55.2 Å². The molecule has 7 nitrogen and oxygen atoms in total. The fraction of sp³-hybridized carbons (Fsp3) is 0.0789. The van der Waals surface area contributed by atoms with Crippen LogP contribution in [0.2, 0.25) is 5.02 Å². The van der Waals surface area contributed by atoms with Crippen LogP contribution in [0.5, 0.6) is 0 Å². The summed E-state index contributed by atoms with van der Waals surface area (Å²) in [6.45, 7) is 2.98. The normalized spacial score (nSPS) is 11.4. The second-order valence-corrected chi connectivity index (χ2v) is 12.2. The van der Waals surface area contributed by atoms with Crippen LogP contribution in [0.4, 0.5) is 11.4 Å². The maximum Gasteiger partial charge on any atom is 0.272 e. The number of hydrogen-bond acceptors (Lipinski definition) is 4. The van der Waals surface area contributed by atoms with E-state index >= 15 is 0 Å². The minimum absolute atomic E-state index is 0.0673. The Morgan fingerprint density at radius 1 is 0.745 bits per heavy atom. The lowest BCUT2D eigenvalue weighted by atomic mass is 10.1. The van der Waals surface area contributed by atoms with E-state index in [0.717, 1.165) is 33.4 Å². The molecular formula is C38H31ClN4O3S. The molecule has 9 heteroatoms. The van der Waals surface area contributed by atoms with Crippen LogP contribution in [0.1, 0.15) is 22.8 Å². The minimum Gasteiger partial charge on any atom is -0.341 e. The van der Waals surface area contributed by atoms with Gasteiger partial charge in [-0.1, -0.05) is 66.2 Å². The van der Waals surface area contributed by atoms with Crippen LogP contribution in [0.3, 0.4) is 0 Å². The number of nitrogens with one attached hydrogen (secondary N) is 3. The Balaban J connectivity index is 1.12. The predicted octanol–water partition coefficient (Wildman–Crippen LogP) is 8.61. The highest BCUT2D eigenvalue weighted by molar-refractivity contribution is 8.00. The highest BCUT2D eigenvalue weighted by Crippen LogP contribution is 2.31. The summed E-state index contributed by atoms with van der Waals surface area (Å²) in [6.07, 6.45) is 1.59. The zero-order valence-corrected chi connectivity index (χ0v) is 27.1. The average Bonchev–Trinajstić information content (AvgIpc) is 3.41. The number of amides is 3. The number of carbonyl (C=O) groups excluding carboxylic acids is 3. The van der Waals surface area contributed by atoms with E-state index in [4.69, 9.17) is 11.6 Å². The third-order valence-electron chi connectivity index (χ3n) is 7.54. The van der Waals surface area contributed by atoms with Gasteiger partial charge in [0.15, 0.2) is 0 Å². The van der Waals surface area contributed by atoms with Gasteiger partial charge >= 0.3 is 0 Å². The Bertz CT molecular complexity index is 2120. The first-order valence-electron chi connectivity index (χ1n) is 15.1. The van der Waals surface area contributed by atoms with E-state index in [0.29, 0.717) is 21.8 Å². The van der Waals surface area contributed by atoms with Crippen molar-refractivity contribution in [1.29, 1.82) is 0 Å². The Morgan fingerprint density at radius 2 is 1.47 bits per heavy atom. The number of nitrogens with zero attached hydrogens (tertiary/aromatic N) is 1. The predicted molar refractivity (Wildman–Crippen MR) is 193 cm³/mol. The first kappa shape index (κ1) is 31.7. The number of hydrogen-bond donors (Lipinski definition) is 3. The van der Waals surface area contributed by atoms with Crippen molar-refractivity contribution in [2.75, 3.05) is 16.4 Å². The van der Waals surface area contributed by atoms with Crippen LogP contribution in [-0.2, 0) is 16.1 Å². The van der Waals surface area contributed by atoms with Crippen LogP contribution in [0, 0.1) is 0 Å². The lowest BCUT2D eigenvalue weighted by Gasteiger charge is -2.12. The molecule has 0 fully saturated rings. The van der Waals surface area contributed by atoms with Crippen LogP contribution < -0.4 is 16.0 Å². The molecule has 0 aliphatic heterocycles. The van der Waals surface area contributed by atoms with Crippen molar-refractivity contribution < 1.29 is 14.4 Å². The number of aryl methyl sites for hydroxylation is 1. The monoisotopic (exact) mass is 658 g/mol. The standard InChI is InChI=1S/C38H31ClN4O3S/c1-2-43-34-14-7-6-13-31(34)32-23-29(19-20-35(32)43)40-36(44)24-47-30-12-8-11-28(22-30)41-38(46)33(21-25-15-17-27(39)18-16-25)42-37(45)26-9-4-3-5-10-26/h3-23H,2,24H2,1H3,(H,40,44)(H,41,46)(H,42,45)/b33-21-. The number of aromatic nitrogens is 1. The topological polar surface area (TPSA) is 92.2 Å². The Kier molecular flexibility index (Phi) is 9.71. The zero-order valence-electron chi connectivity index (χ0n) is 25.5. The van der Waals surface area contributed by atoms with Gasteiger partial charge in [0.1, 0.15) is 5.70 Å². The van der Waals surface area contributed by atoms with Crippen molar-refractivity contribution >= 4 is 80.3 Å². The minimum atomic E-state index is -0.496. The Morgan fingerprint density at radius 3 is 2.26 bits per heavy atom. The first-order valence-corrected chi connectivity index (χ1v) is 16.4. The third-order valence-corrected chi connectivity index (χ3v) is 8.79. The summed E-state index contributed by atoms with van der Waals surface area (Å²) in [6, 6.07) is 37.1. The maximum atomic E-state index is 13.4. The first-order chi connectivity index (χ1) is 22.9. The van der Waals surface area contributed by atoms with E-state index in [1.807, 2.05) is 42.5 Å². The SMILES string of the molecule is CCn1c2ccccc2c2cc(NC(=O)CSc3cccc(NC(=O)/C(=C/c4ccc(Cl)cc4)NC(=O)c4ccccc4)c3)ccc21. The van der Waals surface area contributed by atoms with Gasteiger partial charge in [-0.3, -0.25) is 14.4 Å². The number of halogens is 1. The second kappa shape index (κ2) is 14.4. The van der Waals surface area contributed by atoms with Crippen LogP contribution in [0.25, 0.3) is 27.9 Å². The fourth-order valence-corrected chi connectivity index (χ4v) is 6.23. The van der Waals surface area contributed by atoms with Gasteiger partial charge in [0.2, 0.25) is 5.91 Å². The van der Waals surface area contributed by atoms with Gasteiger partial charge in [-0.2, -0.15) is 0 Å². The number of anilines is 2. The molecule has 6 rings (SSSR count). The van der Waals surface area contributed by atoms with Crippen molar-refractivity contribution in [3.63, 3.8) is 0 Å². The van der Waals surface area contributed by atoms with Crippen molar-refractivity contribution in [2.24, 2.45) is 0 Å². The number of thioether (sulfide) groups is 1. The largest absolute Gasteiger partial charge is 0.341 e. The van der Waals surface area contributed by atoms with E-state index in [1.54, 1.807) is 72.8 Å². The van der Waals surface area contributed by atoms with Crippen molar-refractivity contribution in [3.05, 3.63) is 143 Å². The summed E-state index contributed by atoms with van der Waals surface area (Å²) in [5, 5.41) is 11.4. The molecule has 0 unspecified atom stereocenters. The van der Waals surface area contributed by atoms with Gasteiger partial charge in [-0.25, -0.2) is 0 Å². The van der Waals surface area contributed by atoms with Crippen LogP contribution in [-0.4, -0.2) is 28.0 Å². The molecular weight excluding hydrogens is 628 g/mol. The fourth-order valence-electron chi connectivity index (χ4n) is 5.35. The van der Waals surface area contributed by atoms with Gasteiger partial charge < -0.3 is 20.5 Å². The molecule has 0 atom stereocenters. The Labute approximate surface area is 281 Å². The summed E-state index contributed by atoms with van der Waals surface area (Å²) in [5.74, 6) is -0.864. The van der Waals surface area contributed by atoms with Crippen molar-refractivity contribution in [1.82, 2.24) is 9.88 Å². The molecule has 0 bridgehead atoms. The molecule has 3 N–H and O–H groups in total. The lowest BCUT2D eigenvalue weighted by molar-refractivity contribution is -0.114. The second-order valence-electron chi connectivity index (χ2n) is 10.7. The summed E-state index contributed by atoms with van der Waals surface area (Å²) in [4.78, 5) is 40.1. The van der Waals surface area contributed by atoms with E-state index in [9.17, 15) is 14.4 Å². The van der Waals surface area contributed by atoms with Crippen molar-refractivity contribution in [2.45, 2.75) is 18.4 Å². The highest BCUT2D eigenvalue weighted by atomic mass is 35.5. The van der Waals surface area contributed by atoms with E-state index in [-0.39, 0.29) is 17.4 Å². The number of carbonyl (C=O) groups is 3. The molecule has 0 radical (unpaired) electrons. The summed E-state index contributed by atoms with van der Waals surface area (Å²) in [5.41, 5.74) is 4.74. The Hall–Kier alpha value is -5.31. The molecule has 0 spiro atoms. The van der Waals surface area contributed by atoms with Crippen molar-refractivity contribution in [3.8, 4) is 0 Å². The zero-order chi connectivity index (χ0) is 32.8. The molecule has 47 heavy (non-hydrogen) atoms. The summed E-state index contributed by atoms with van der Waals surface area (Å²) in [7, 11) is 0. The average molecular weight is 659 g/mol. The highest BCUT2D eigenvalue weighted by Gasteiger charge is 2.16. The molecule has 6 aromatic rings. The van der Waals surface area contributed by atoms with E-state index in [2.05, 4.69) is 39.6 Å². The smallest absolute Gasteiger partial charge is 0.272 e. The number of rotatable bonds is 10. The van der Waals surface area contributed by atoms with E-state index < -0.39 is 11.8 Å². The number of para-hydroxylation sites is 1. The molecule has 234 valence electrons. The number of benzene rings is 5. The molecule has 0 aliphatic carbocycles. The van der Waals surface area contributed by atoms with Gasteiger partial charge in [-0.15, -0.1) is 11.8 Å². The molecule has 1 heterocycles. The molecule has 0 aliphatic rings. The maximum absolute atomic E-state index is 13.4. The molecule has 0 saturated heterocycles. The third kappa shape index (κ3) is 7.57. The van der Waals surface area contributed by atoms with Gasteiger partial charge in [0.25, 0.3) is 11.8 Å². The molecule has 1 aromatic heterocycles. The molecule has 0 saturated carbocycles. The van der Waals surface area contributed by atoms with Gasteiger partial charge in [-0.05, 0) is 85.3 Å². The van der Waals surface area contributed by atoms with Crippen LogP contribution >= 0.6 is 23.4 Å². The summed E-state index contributed by atoms with van der Waals surface area (Å²) < 4.78 is 2.27.